The average molecular weight is 610 g/mol. The quantitative estimate of drug-likeness (QED) is 0.346. The van der Waals surface area contributed by atoms with Gasteiger partial charge in [-0.3, -0.25) is 15.0 Å². The molecule has 1 amide bonds. The first kappa shape index (κ1) is 29.4. The maximum Gasteiger partial charge on any atom is 0.418 e. The van der Waals surface area contributed by atoms with Gasteiger partial charge in [0.15, 0.2) is 9.34 Å². The van der Waals surface area contributed by atoms with E-state index in [4.69, 9.17) is 0 Å². The molecular formula is C26H30F3N7O3S2. The van der Waals surface area contributed by atoms with Gasteiger partial charge in [-0.2, -0.15) is 17.5 Å². The normalized spacial score (nSPS) is 17.9. The van der Waals surface area contributed by atoms with Gasteiger partial charge in [0.05, 0.1) is 16.8 Å². The predicted octanol–water partition coefficient (Wildman–Crippen LogP) is 4.22. The molecule has 15 heteroatoms. The van der Waals surface area contributed by atoms with Crippen LogP contribution in [0.2, 0.25) is 0 Å². The van der Waals surface area contributed by atoms with Crippen molar-refractivity contribution in [2.75, 3.05) is 43.4 Å². The van der Waals surface area contributed by atoms with Gasteiger partial charge >= 0.3 is 6.18 Å². The summed E-state index contributed by atoms with van der Waals surface area (Å²) in [7, 11) is -3.80. The second-order valence-corrected chi connectivity index (χ2v) is 13.4. The minimum Gasteiger partial charge on any atom is -0.366 e. The Bertz CT molecular complexity index is 1580. The number of aromatic nitrogens is 3. The first-order valence-electron chi connectivity index (χ1n) is 13.1. The van der Waals surface area contributed by atoms with Gasteiger partial charge in [0.1, 0.15) is 11.6 Å². The molecule has 1 saturated heterocycles. The second-order valence-electron chi connectivity index (χ2n) is 10.2. The number of halogens is 3. The number of fused-ring (bicyclic) bond motifs is 1. The van der Waals surface area contributed by atoms with Crippen molar-refractivity contribution >= 4 is 49.1 Å². The lowest BCUT2D eigenvalue weighted by molar-refractivity contribution is -0.136. The molecule has 3 aromatic rings. The predicted molar refractivity (Wildman–Crippen MR) is 150 cm³/mol. The van der Waals surface area contributed by atoms with E-state index in [9.17, 15) is 26.4 Å². The summed E-state index contributed by atoms with van der Waals surface area (Å²) < 4.78 is 69.3. The maximum atomic E-state index is 13.7. The fourth-order valence-electron chi connectivity index (χ4n) is 4.80. The molecule has 220 valence electrons. The Morgan fingerprint density at radius 3 is 2.54 bits per heavy atom. The van der Waals surface area contributed by atoms with E-state index in [-0.39, 0.29) is 39.9 Å². The van der Waals surface area contributed by atoms with Crippen molar-refractivity contribution in [3.05, 3.63) is 47.9 Å². The maximum absolute atomic E-state index is 13.7. The van der Waals surface area contributed by atoms with Gasteiger partial charge < -0.3 is 5.32 Å². The molecule has 3 heterocycles. The highest BCUT2D eigenvalue weighted by Crippen LogP contribution is 2.41. The van der Waals surface area contributed by atoms with Gasteiger partial charge in [-0.05, 0) is 44.9 Å². The highest BCUT2D eigenvalue weighted by atomic mass is 32.2. The lowest BCUT2D eigenvalue weighted by atomic mass is 10.1. The molecule has 2 aliphatic rings. The van der Waals surface area contributed by atoms with E-state index in [0.29, 0.717) is 42.4 Å². The molecular weight excluding hydrogens is 579 g/mol. The molecule has 2 aromatic heterocycles. The van der Waals surface area contributed by atoms with Crippen LogP contribution in [0.4, 0.5) is 24.1 Å². The number of carbonyl (C=O) groups excluding carboxylic acids is 1. The number of thiazole rings is 1. The number of nitrogens with one attached hydrogen (secondary N) is 2. The molecule has 0 unspecified atom stereocenters. The largest absolute Gasteiger partial charge is 0.418 e. The summed E-state index contributed by atoms with van der Waals surface area (Å²) in [4.78, 5) is 26.7. The third-order valence-electron chi connectivity index (χ3n) is 6.98. The number of hydrogen-bond acceptors (Lipinski definition) is 9. The zero-order chi connectivity index (χ0) is 29.5. The molecule has 0 bridgehead atoms. The zero-order valence-corrected chi connectivity index (χ0v) is 24.2. The van der Waals surface area contributed by atoms with Crippen LogP contribution in [0.25, 0.3) is 10.9 Å². The molecule has 1 aromatic carbocycles. The number of rotatable bonds is 9. The average Bonchev–Trinajstić information content (AvgIpc) is 3.70. The first-order valence-corrected chi connectivity index (χ1v) is 15.4. The molecule has 0 radical (unpaired) electrons. The summed E-state index contributed by atoms with van der Waals surface area (Å²) in [5.41, 5.74) is -0.569. The van der Waals surface area contributed by atoms with Crippen molar-refractivity contribution in [2.24, 2.45) is 0 Å². The monoisotopic (exact) mass is 609 g/mol. The molecule has 1 atom stereocenters. The van der Waals surface area contributed by atoms with Crippen LogP contribution in [0.5, 0.6) is 0 Å². The number of piperazine rings is 1. The molecule has 1 saturated carbocycles. The Morgan fingerprint density at radius 1 is 1.20 bits per heavy atom. The minimum atomic E-state index is -4.53. The van der Waals surface area contributed by atoms with Crippen LogP contribution in [0.1, 0.15) is 42.8 Å². The number of carbonyl (C=O) groups is 1. The van der Waals surface area contributed by atoms with Crippen molar-refractivity contribution < 1.29 is 26.4 Å². The number of amides is 1. The van der Waals surface area contributed by atoms with E-state index in [2.05, 4.69) is 37.1 Å². The van der Waals surface area contributed by atoms with Crippen LogP contribution in [0, 0.1) is 6.92 Å². The summed E-state index contributed by atoms with van der Waals surface area (Å²) in [6, 6.07) is 3.81. The minimum absolute atomic E-state index is 0.0723. The van der Waals surface area contributed by atoms with Crippen molar-refractivity contribution in [2.45, 2.75) is 49.0 Å². The first-order chi connectivity index (χ1) is 19.4. The van der Waals surface area contributed by atoms with E-state index in [1.165, 1.54) is 10.4 Å². The van der Waals surface area contributed by atoms with Crippen molar-refractivity contribution in [1.29, 1.82) is 0 Å². The Balaban J connectivity index is 1.25. The second kappa shape index (κ2) is 11.3. The number of benzene rings is 1. The molecule has 5 rings (SSSR count). The molecule has 2 fully saturated rings. The summed E-state index contributed by atoms with van der Waals surface area (Å²) in [6.45, 7) is 8.88. The molecule has 1 aliphatic carbocycles. The SMILES string of the molecule is C=CC(=O)Nc1nc(C)c(S(=O)(=O)N2CCN(C[C@H](C)Nc3nc(C4CC4)nc4c(C(F)(F)F)cccc34)CC2)s1. The Labute approximate surface area is 239 Å². The van der Waals surface area contributed by atoms with Gasteiger partial charge in [-0.25, -0.2) is 23.4 Å². The smallest absolute Gasteiger partial charge is 0.366 e. The summed E-state index contributed by atoms with van der Waals surface area (Å²) in [6.07, 6.45) is -1.74. The standard InChI is InChI=1S/C26H30F3N7O3S2/c1-4-20(37)32-25-31-16(3)24(40-25)41(38,39)36-12-10-35(11-13-36)14-15(2)30-23-18-6-5-7-19(26(27,28)29)21(18)33-22(34-23)17-8-9-17/h4-7,15,17H,1,8-14H2,2-3H3,(H,30,33,34)(H,31,32,37)/t15-/m0/s1. The van der Waals surface area contributed by atoms with Gasteiger partial charge in [0.2, 0.25) is 5.91 Å². The highest BCUT2D eigenvalue weighted by molar-refractivity contribution is 7.91. The summed E-state index contributed by atoms with van der Waals surface area (Å²) >= 11 is 0.901. The third-order valence-corrected chi connectivity index (χ3v) is 10.5. The topological polar surface area (TPSA) is 120 Å². The van der Waals surface area contributed by atoms with Gasteiger partial charge in [-0.1, -0.05) is 24.0 Å². The fourth-order valence-corrected chi connectivity index (χ4v) is 7.77. The van der Waals surface area contributed by atoms with E-state index in [1.807, 2.05) is 6.92 Å². The van der Waals surface area contributed by atoms with Crippen LogP contribution in [0.3, 0.4) is 0 Å². The molecule has 2 N–H and O–H groups in total. The Hall–Kier alpha value is -3.14. The third kappa shape index (κ3) is 6.37. The summed E-state index contributed by atoms with van der Waals surface area (Å²) in [5, 5.41) is 6.29. The number of para-hydroxylation sites is 1. The zero-order valence-electron chi connectivity index (χ0n) is 22.5. The number of sulfonamides is 1. The van der Waals surface area contributed by atoms with Crippen LogP contribution in [-0.4, -0.2) is 77.2 Å². The summed E-state index contributed by atoms with van der Waals surface area (Å²) in [5.74, 6) is 0.395. The molecule has 1 aliphatic heterocycles. The van der Waals surface area contributed by atoms with Crippen LogP contribution in [-0.2, 0) is 21.0 Å². The van der Waals surface area contributed by atoms with Gasteiger partial charge in [-0.15, -0.1) is 0 Å². The number of hydrogen-bond donors (Lipinski definition) is 2. The van der Waals surface area contributed by atoms with Crippen molar-refractivity contribution in [1.82, 2.24) is 24.2 Å². The van der Waals surface area contributed by atoms with E-state index in [0.717, 1.165) is 36.3 Å². The number of aryl methyl sites for hydroxylation is 1. The number of anilines is 2. The lowest BCUT2D eigenvalue weighted by Gasteiger charge is -2.35. The molecule has 10 nitrogen and oxygen atoms in total. The molecule has 0 spiro atoms. The van der Waals surface area contributed by atoms with Crippen LogP contribution < -0.4 is 10.6 Å². The Kier molecular flexibility index (Phi) is 8.07. The van der Waals surface area contributed by atoms with Gasteiger partial charge in [0, 0.05) is 50.1 Å². The van der Waals surface area contributed by atoms with Crippen molar-refractivity contribution in [3.8, 4) is 0 Å². The van der Waals surface area contributed by atoms with E-state index in [1.54, 1.807) is 13.0 Å². The number of nitrogens with zero attached hydrogens (tertiary/aromatic N) is 5. The van der Waals surface area contributed by atoms with Crippen LogP contribution >= 0.6 is 11.3 Å². The van der Waals surface area contributed by atoms with E-state index >= 15 is 0 Å². The van der Waals surface area contributed by atoms with Crippen LogP contribution in [0.15, 0.2) is 35.1 Å². The highest BCUT2D eigenvalue weighted by Gasteiger charge is 2.36. The fraction of sp³-hybridized carbons (Fsp3) is 0.462. The molecule has 41 heavy (non-hydrogen) atoms. The number of alkyl halides is 3. The van der Waals surface area contributed by atoms with E-state index < -0.39 is 27.7 Å². The Morgan fingerprint density at radius 2 is 1.90 bits per heavy atom. The van der Waals surface area contributed by atoms with Crippen molar-refractivity contribution in [3.63, 3.8) is 0 Å². The van der Waals surface area contributed by atoms with Gasteiger partial charge in [0.25, 0.3) is 10.0 Å². The lowest BCUT2D eigenvalue weighted by Crippen LogP contribution is -2.50.